The first-order chi connectivity index (χ1) is 16.9. The number of nitrogens with one attached hydrogen (secondary N) is 1. The molecule has 0 radical (unpaired) electrons. The van der Waals surface area contributed by atoms with Gasteiger partial charge in [-0.3, -0.25) is 14.3 Å². The highest BCUT2D eigenvalue weighted by atomic mass is 35.5. The van der Waals surface area contributed by atoms with Gasteiger partial charge in [-0.05, 0) is 92.1 Å². The number of likely N-dealkylation sites (tertiary alicyclic amines) is 1. The highest BCUT2D eigenvalue weighted by molar-refractivity contribution is 7.98. The minimum atomic E-state index is -0.557. The third kappa shape index (κ3) is 6.25. The van der Waals surface area contributed by atoms with Gasteiger partial charge in [-0.2, -0.15) is 0 Å². The molecule has 9 heteroatoms. The number of halogens is 3. The molecule has 3 fully saturated rings. The van der Waals surface area contributed by atoms with Crippen LogP contribution in [0.1, 0.15) is 70.7 Å². The molecule has 2 saturated carbocycles. The second kappa shape index (κ2) is 10.6. The Morgan fingerprint density at radius 2 is 1.69 bits per heavy atom. The lowest BCUT2D eigenvalue weighted by molar-refractivity contribution is 0.0660. The Kier molecular flexibility index (Phi) is 7.47. The van der Waals surface area contributed by atoms with Gasteiger partial charge in [-0.25, -0.2) is 4.39 Å². The van der Waals surface area contributed by atoms with Gasteiger partial charge in [0.2, 0.25) is 0 Å². The molecule has 1 aliphatic heterocycles. The van der Waals surface area contributed by atoms with Crippen LogP contribution in [0, 0.1) is 11.7 Å². The molecule has 1 heterocycles. The van der Waals surface area contributed by atoms with Gasteiger partial charge in [0.25, 0.3) is 11.8 Å². The molecule has 2 aromatic rings. The predicted octanol–water partition coefficient (Wildman–Crippen LogP) is 6.48. The van der Waals surface area contributed by atoms with Crippen molar-refractivity contribution in [2.75, 3.05) is 19.7 Å². The largest absolute Gasteiger partial charge is 0.493 e. The molecule has 3 aliphatic rings. The van der Waals surface area contributed by atoms with Crippen LogP contribution in [0.5, 0.6) is 5.75 Å². The van der Waals surface area contributed by atoms with Crippen LogP contribution in [0.4, 0.5) is 4.39 Å². The predicted molar refractivity (Wildman–Crippen MR) is 137 cm³/mol. The first kappa shape index (κ1) is 24.7. The molecule has 1 N–H and O–H groups in total. The SMILES string of the molecule is O=C(NSC1CC1)c1cc(C2CC2)c(OCC2CCN(C(=O)c3cc(Cl)cc(Cl)c3)CC2)cc1F. The van der Waals surface area contributed by atoms with Gasteiger partial charge in [0.1, 0.15) is 11.6 Å². The number of hydrogen-bond donors (Lipinski definition) is 1. The summed E-state index contributed by atoms with van der Waals surface area (Å²) in [5, 5.41) is 1.33. The lowest BCUT2D eigenvalue weighted by Gasteiger charge is -2.32. The van der Waals surface area contributed by atoms with E-state index in [9.17, 15) is 14.0 Å². The third-order valence-electron chi connectivity index (χ3n) is 6.69. The van der Waals surface area contributed by atoms with Gasteiger partial charge in [0.05, 0.1) is 12.2 Å². The van der Waals surface area contributed by atoms with Gasteiger partial charge in [0, 0.05) is 40.0 Å². The average Bonchev–Trinajstić information content (AvgIpc) is 3.75. The van der Waals surface area contributed by atoms with Crippen molar-refractivity contribution in [3.63, 3.8) is 0 Å². The molecule has 5 nitrogen and oxygen atoms in total. The zero-order valence-corrected chi connectivity index (χ0v) is 21.5. The Balaban J connectivity index is 1.18. The van der Waals surface area contributed by atoms with Crippen LogP contribution in [0.15, 0.2) is 30.3 Å². The van der Waals surface area contributed by atoms with Crippen LogP contribution < -0.4 is 9.46 Å². The number of ether oxygens (including phenoxy) is 1. The van der Waals surface area contributed by atoms with E-state index in [1.165, 1.54) is 18.0 Å². The molecule has 186 valence electrons. The van der Waals surface area contributed by atoms with Crippen molar-refractivity contribution in [1.82, 2.24) is 9.62 Å². The minimum absolute atomic E-state index is 0.0828. The van der Waals surface area contributed by atoms with Crippen molar-refractivity contribution in [3.8, 4) is 5.75 Å². The van der Waals surface area contributed by atoms with Crippen LogP contribution in [0.25, 0.3) is 0 Å². The highest BCUT2D eigenvalue weighted by Gasteiger charge is 2.31. The number of amides is 2. The monoisotopic (exact) mass is 536 g/mol. The smallest absolute Gasteiger partial charge is 0.264 e. The summed E-state index contributed by atoms with van der Waals surface area (Å²) in [5.41, 5.74) is 1.49. The fourth-order valence-electron chi connectivity index (χ4n) is 4.33. The fraction of sp³-hybridized carbons (Fsp3) is 0.462. The van der Waals surface area contributed by atoms with E-state index in [4.69, 9.17) is 27.9 Å². The summed E-state index contributed by atoms with van der Waals surface area (Å²) in [6, 6.07) is 7.91. The van der Waals surface area contributed by atoms with E-state index in [0.29, 0.717) is 52.2 Å². The van der Waals surface area contributed by atoms with Crippen molar-refractivity contribution >= 4 is 47.0 Å². The maximum absolute atomic E-state index is 14.8. The maximum Gasteiger partial charge on any atom is 0.264 e. The van der Waals surface area contributed by atoms with Gasteiger partial charge < -0.3 is 9.64 Å². The number of rotatable bonds is 8. The van der Waals surface area contributed by atoms with Gasteiger partial charge in [0.15, 0.2) is 0 Å². The minimum Gasteiger partial charge on any atom is -0.493 e. The zero-order chi connectivity index (χ0) is 24.5. The summed E-state index contributed by atoms with van der Waals surface area (Å²) >= 11 is 13.5. The quantitative estimate of drug-likeness (QED) is 0.392. The lowest BCUT2D eigenvalue weighted by Crippen LogP contribution is -2.39. The summed E-state index contributed by atoms with van der Waals surface area (Å²) < 4.78 is 23.7. The van der Waals surface area contributed by atoms with E-state index in [-0.39, 0.29) is 23.3 Å². The van der Waals surface area contributed by atoms with E-state index >= 15 is 0 Å². The van der Waals surface area contributed by atoms with Crippen LogP contribution in [-0.2, 0) is 0 Å². The Morgan fingerprint density at radius 3 is 2.31 bits per heavy atom. The molecule has 0 unspecified atom stereocenters. The molecule has 2 amide bonds. The second-order valence-electron chi connectivity index (χ2n) is 9.60. The van der Waals surface area contributed by atoms with Crippen LogP contribution in [0.2, 0.25) is 10.0 Å². The zero-order valence-electron chi connectivity index (χ0n) is 19.2. The number of carbonyl (C=O) groups is 2. The summed E-state index contributed by atoms with van der Waals surface area (Å²) in [7, 11) is 0. The summed E-state index contributed by atoms with van der Waals surface area (Å²) in [6.07, 6.45) is 5.81. The average molecular weight is 537 g/mol. The third-order valence-corrected chi connectivity index (χ3v) is 8.23. The summed E-state index contributed by atoms with van der Waals surface area (Å²) in [5.74, 6) is 0.0843. The highest BCUT2D eigenvalue weighted by Crippen LogP contribution is 2.45. The molecule has 35 heavy (non-hydrogen) atoms. The first-order valence-electron chi connectivity index (χ1n) is 12.0. The Labute approximate surface area is 218 Å². The van der Waals surface area contributed by atoms with Gasteiger partial charge in [-0.15, -0.1) is 0 Å². The molecule has 2 aromatic carbocycles. The van der Waals surface area contributed by atoms with E-state index in [2.05, 4.69) is 4.72 Å². The van der Waals surface area contributed by atoms with Crippen LogP contribution >= 0.6 is 35.1 Å². The van der Waals surface area contributed by atoms with Crippen molar-refractivity contribution in [3.05, 3.63) is 62.9 Å². The number of hydrogen-bond acceptors (Lipinski definition) is 4. The summed E-state index contributed by atoms with van der Waals surface area (Å²) in [4.78, 5) is 27.1. The number of piperidine rings is 1. The van der Waals surface area contributed by atoms with E-state index in [1.54, 1.807) is 29.2 Å². The summed E-state index contributed by atoms with van der Waals surface area (Å²) in [6.45, 7) is 1.67. The molecule has 0 bridgehead atoms. The van der Waals surface area contributed by atoms with Crippen molar-refractivity contribution in [1.29, 1.82) is 0 Å². The Hall–Kier alpha value is -1.96. The Bertz CT molecular complexity index is 1110. The van der Waals surface area contributed by atoms with Gasteiger partial charge in [-0.1, -0.05) is 23.2 Å². The van der Waals surface area contributed by atoms with Crippen LogP contribution in [-0.4, -0.2) is 41.7 Å². The van der Waals surface area contributed by atoms with E-state index < -0.39 is 5.82 Å². The fourth-order valence-corrected chi connectivity index (χ4v) is 5.61. The van der Waals surface area contributed by atoms with E-state index in [1.807, 2.05) is 0 Å². The molecule has 1 saturated heterocycles. The van der Waals surface area contributed by atoms with Crippen molar-refractivity contribution in [2.24, 2.45) is 5.92 Å². The van der Waals surface area contributed by atoms with E-state index in [0.717, 1.165) is 44.1 Å². The van der Waals surface area contributed by atoms with Gasteiger partial charge >= 0.3 is 0 Å². The molecule has 2 aliphatic carbocycles. The van der Waals surface area contributed by atoms with Crippen LogP contribution in [0.3, 0.4) is 0 Å². The molecule has 5 rings (SSSR count). The molecule has 0 aromatic heterocycles. The lowest BCUT2D eigenvalue weighted by atomic mass is 9.97. The Morgan fingerprint density at radius 1 is 1.00 bits per heavy atom. The number of nitrogens with zero attached hydrogens (tertiary/aromatic N) is 1. The normalized spacial score (nSPS) is 18.4. The standard InChI is InChI=1S/C26H27Cl2FN2O3S/c27-18-9-17(10-19(28)11-18)26(33)31-7-5-15(6-8-31)14-34-24-13-23(29)22(12-21(24)16-1-2-16)25(32)30-35-20-3-4-20/h9-13,15-16,20H,1-8,14H2,(H,30,32). The molecule has 0 spiro atoms. The number of benzene rings is 2. The number of carbonyl (C=O) groups excluding carboxylic acids is 2. The molecule has 0 atom stereocenters. The maximum atomic E-state index is 14.8. The topological polar surface area (TPSA) is 58.6 Å². The molecular weight excluding hydrogens is 510 g/mol. The van der Waals surface area contributed by atoms with Crippen molar-refractivity contribution in [2.45, 2.75) is 49.7 Å². The molecular formula is C26H27Cl2FN2O3S. The van der Waals surface area contributed by atoms with Crippen molar-refractivity contribution < 1.29 is 18.7 Å². The second-order valence-corrected chi connectivity index (χ2v) is 11.6. The first-order valence-corrected chi connectivity index (χ1v) is 13.7.